The number of ether oxygens (including phenoxy) is 2. The zero-order valence-electron chi connectivity index (χ0n) is 13.6. The fourth-order valence-electron chi connectivity index (χ4n) is 2.32. The molecule has 1 aromatic heterocycles. The Hall–Kier alpha value is -2.31. The highest BCUT2D eigenvalue weighted by molar-refractivity contribution is 7.22. The van der Waals surface area contributed by atoms with Crippen LogP contribution in [0.25, 0.3) is 10.2 Å². The van der Waals surface area contributed by atoms with Crippen LogP contribution in [-0.4, -0.2) is 24.2 Å². The van der Waals surface area contributed by atoms with Crippen LogP contribution in [-0.2, 0) is 11.3 Å². The van der Waals surface area contributed by atoms with E-state index in [0.717, 1.165) is 27.1 Å². The van der Waals surface area contributed by atoms with E-state index in [9.17, 15) is 4.79 Å². The maximum Gasteiger partial charge on any atom is 0.407 e. The second-order valence-electron chi connectivity index (χ2n) is 5.39. The van der Waals surface area contributed by atoms with E-state index in [4.69, 9.17) is 21.1 Å². The van der Waals surface area contributed by atoms with Crippen molar-refractivity contribution >= 4 is 39.2 Å². The van der Waals surface area contributed by atoms with E-state index in [-0.39, 0.29) is 6.61 Å². The molecule has 25 heavy (non-hydrogen) atoms. The fraction of sp³-hybridized carbons (Fsp3) is 0.222. The first-order chi connectivity index (χ1) is 12.1. The molecule has 0 bridgehead atoms. The third kappa shape index (κ3) is 4.84. The molecule has 3 aromatic rings. The van der Waals surface area contributed by atoms with Crippen molar-refractivity contribution in [1.82, 2.24) is 10.3 Å². The van der Waals surface area contributed by atoms with Crippen molar-refractivity contribution < 1.29 is 14.3 Å². The number of hydrogen-bond donors (Lipinski definition) is 1. The Kier molecular flexibility index (Phi) is 5.73. The lowest BCUT2D eigenvalue weighted by Crippen LogP contribution is -2.28. The molecule has 0 aliphatic carbocycles. The van der Waals surface area contributed by atoms with Gasteiger partial charge in [0, 0.05) is 0 Å². The molecule has 7 heteroatoms. The van der Waals surface area contributed by atoms with Crippen molar-refractivity contribution in [3.05, 3.63) is 58.1 Å². The molecule has 0 fully saturated rings. The van der Waals surface area contributed by atoms with Gasteiger partial charge in [0.1, 0.15) is 19.0 Å². The number of aryl methyl sites for hydroxylation is 1. The minimum Gasteiger partial charge on any atom is -0.492 e. The van der Waals surface area contributed by atoms with Crippen molar-refractivity contribution in [2.75, 3.05) is 13.2 Å². The normalized spacial score (nSPS) is 10.6. The van der Waals surface area contributed by atoms with Crippen LogP contribution in [0.4, 0.5) is 4.79 Å². The van der Waals surface area contributed by atoms with Crippen LogP contribution in [0.3, 0.4) is 0 Å². The quantitative estimate of drug-likeness (QED) is 0.640. The minimum absolute atomic E-state index is 0.246. The van der Waals surface area contributed by atoms with Gasteiger partial charge in [0.2, 0.25) is 0 Å². The number of nitrogens with one attached hydrogen (secondary N) is 1. The molecule has 3 rings (SSSR count). The second kappa shape index (κ2) is 8.18. The summed E-state index contributed by atoms with van der Waals surface area (Å²) in [6.45, 7) is 2.91. The number of hydrogen-bond acceptors (Lipinski definition) is 5. The van der Waals surface area contributed by atoms with Crippen LogP contribution in [0.2, 0.25) is 4.47 Å². The molecule has 0 saturated heterocycles. The fourth-order valence-corrected chi connectivity index (χ4v) is 3.45. The van der Waals surface area contributed by atoms with Gasteiger partial charge in [-0.1, -0.05) is 41.9 Å². The number of alkyl carbamates (subject to hydrolysis) is 1. The van der Waals surface area contributed by atoms with Crippen molar-refractivity contribution in [3.8, 4) is 5.75 Å². The molecule has 1 N–H and O–H groups in total. The van der Waals surface area contributed by atoms with Gasteiger partial charge < -0.3 is 14.8 Å². The standard InChI is InChI=1S/C18H17ClN2O3S/c1-12-9-14(10-15-16(12)21-17(19)25-15)23-8-7-20-18(22)24-11-13-5-3-2-4-6-13/h2-6,9-10H,7-8,11H2,1H3,(H,20,22). The van der Waals surface area contributed by atoms with Crippen LogP contribution in [0, 0.1) is 6.92 Å². The van der Waals surface area contributed by atoms with Crippen molar-refractivity contribution in [2.24, 2.45) is 0 Å². The number of aromatic nitrogens is 1. The molecule has 0 aliphatic rings. The van der Waals surface area contributed by atoms with E-state index in [1.54, 1.807) is 0 Å². The Balaban J connectivity index is 1.43. The summed E-state index contributed by atoms with van der Waals surface area (Å²) in [7, 11) is 0. The molecule has 1 amide bonds. The van der Waals surface area contributed by atoms with E-state index in [1.807, 2.05) is 49.4 Å². The van der Waals surface area contributed by atoms with Crippen LogP contribution in [0.1, 0.15) is 11.1 Å². The molecule has 0 atom stereocenters. The number of thiazole rings is 1. The summed E-state index contributed by atoms with van der Waals surface area (Å²) in [5.74, 6) is 0.727. The first-order valence-corrected chi connectivity index (χ1v) is 8.95. The lowest BCUT2D eigenvalue weighted by atomic mass is 10.2. The van der Waals surface area contributed by atoms with Crippen molar-refractivity contribution in [3.63, 3.8) is 0 Å². The van der Waals surface area contributed by atoms with Gasteiger partial charge in [0.15, 0.2) is 4.47 Å². The zero-order valence-corrected chi connectivity index (χ0v) is 15.2. The molecule has 0 radical (unpaired) electrons. The molecule has 0 saturated carbocycles. The van der Waals surface area contributed by atoms with Gasteiger partial charge in [-0.25, -0.2) is 9.78 Å². The number of nitrogens with zero attached hydrogens (tertiary/aromatic N) is 1. The summed E-state index contributed by atoms with van der Waals surface area (Å²) in [5, 5.41) is 2.66. The van der Waals surface area contributed by atoms with Gasteiger partial charge in [0.05, 0.1) is 16.8 Å². The lowest BCUT2D eigenvalue weighted by molar-refractivity contribution is 0.137. The molecule has 5 nitrogen and oxygen atoms in total. The van der Waals surface area contributed by atoms with Gasteiger partial charge >= 0.3 is 6.09 Å². The number of halogens is 1. The monoisotopic (exact) mass is 376 g/mol. The Labute approximate surface area is 154 Å². The first-order valence-electron chi connectivity index (χ1n) is 7.76. The molecular weight excluding hydrogens is 360 g/mol. The molecule has 130 valence electrons. The van der Waals surface area contributed by atoms with Gasteiger partial charge in [-0.15, -0.1) is 11.3 Å². The number of benzene rings is 2. The van der Waals surface area contributed by atoms with Gasteiger partial charge in [0.25, 0.3) is 0 Å². The Morgan fingerprint density at radius 2 is 2.08 bits per heavy atom. The summed E-state index contributed by atoms with van der Waals surface area (Å²) in [5.41, 5.74) is 2.84. The van der Waals surface area contributed by atoms with Crippen molar-refractivity contribution in [2.45, 2.75) is 13.5 Å². The molecule has 1 heterocycles. The van der Waals surface area contributed by atoms with Crippen LogP contribution >= 0.6 is 22.9 Å². The van der Waals surface area contributed by atoms with Gasteiger partial charge in [-0.05, 0) is 30.2 Å². The van der Waals surface area contributed by atoms with Gasteiger partial charge in [-0.3, -0.25) is 0 Å². The topological polar surface area (TPSA) is 60.5 Å². The van der Waals surface area contributed by atoms with Crippen molar-refractivity contribution in [1.29, 1.82) is 0 Å². The SMILES string of the molecule is Cc1cc(OCCNC(=O)OCc2ccccc2)cc2sc(Cl)nc12. The summed E-state index contributed by atoms with van der Waals surface area (Å²) in [6, 6.07) is 13.3. The van der Waals surface area contributed by atoms with E-state index < -0.39 is 6.09 Å². The van der Waals surface area contributed by atoms with Gasteiger partial charge in [-0.2, -0.15) is 0 Å². The van der Waals surface area contributed by atoms with E-state index in [1.165, 1.54) is 11.3 Å². The predicted octanol–water partition coefficient (Wildman–Crippen LogP) is 4.56. The average molecular weight is 377 g/mol. The number of carbonyl (C=O) groups is 1. The second-order valence-corrected chi connectivity index (χ2v) is 7.00. The largest absolute Gasteiger partial charge is 0.492 e. The summed E-state index contributed by atoms with van der Waals surface area (Å²) >= 11 is 7.36. The Bertz CT molecular complexity index is 867. The van der Waals surface area contributed by atoms with E-state index in [2.05, 4.69) is 10.3 Å². The molecular formula is C18H17ClN2O3S. The lowest BCUT2D eigenvalue weighted by Gasteiger charge is -2.09. The zero-order chi connectivity index (χ0) is 17.6. The third-order valence-corrected chi connectivity index (χ3v) is 4.59. The summed E-state index contributed by atoms with van der Waals surface area (Å²) < 4.78 is 12.3. The summed E-state index contributed by atoms with van der Waals surface area (Å²) in [6.07, 6.45) is -0.465. The number of rotatable bonds is 6. The maximum atomic E-state index is 11.6. The minimum atomic E-state index is -0.465. The number of amides is 1. The highest BCUT2D eigenvalue weighted by atomic mass is 35.5. The summed E-state index contributed by atoms with van der Waals surface area (Å²) in [4.78, 5) is 15.9. The Morgan fingerprint density at radius 3 is 2.88 bits per heavy atom. The molecule has 2 aromatic carbocycles. The number of fused-ring (bicyclic) bond motifs is 1. The first kappa shape index (κ1) is 17.5. The van der Waals surface area contributed by atoms with Crippen LogP contribution in [0.15, 0.2) is 42.5 Å². The average Bonchev–Trinajstić information content (AvgIpc) is 2.99. The van der Waals surface area contributed by atoms with E-state index >= 15 is 0 Å². The predicted molar refractivity (Wildman–Crippen MR) is 99.5 cm³/mol. The molecule has 0 spiro atoms. The van der Waals surface area contributed by atoms with E-state index in [0.29, 0.717) is 17.6 Å². The van der Waals surface area contributed by atoms with Crippen LogP contribution in [0.5, 0.6) is 5.75 Å². The third-order valence-electron chi connectivity index (χ3n) is 3.49. The smallest absolute Gasteiger partial charge is 0.407 e. The highest BCUT2D eigenvalue weighted by Gasteiger charge is 2.08. The highest BCUT2D eigenvalue weighted by Crippen LogP contribution is 2.31. The molecule has 0 unspecified atom stereocenters. The molecule has 0 aliphatic heterocycles. The number of carbonyl (C=O) groups excluding carboxylic acids is 1. The van der Waals surface area contributed by atoms with Crippen LogP contribution < -0.4 is 10.1 Å². The maximum absolute atomic E-state index is 11.6. The Morgan fingerprint density at radius 1 is 1.28 bits per heavy atom.